The molecule has 36 heavy (non-hydrogen) atoms. The number of benzene rings is 2. The largest absolute Gasteiger partial charge is 0.508 e. The van der Waals surface area contributed by atoms with Gasteiger partial charge in [-0.1, -0.05) is 51.2 Å². The number of rotatable bonds is 8. The molecule has 4 rings (SSSR count). The fraction of sp³-hybridized carbons (Fsp3) is 0.562. The fourth-order valence-corrected chi connectivity index (χ4v) is 5.68. The van der Waals surface area contributed by atoms with E-state index in [0.717, 1.165) is 49.0 Å². The molecule has 4 heteroatoms. The van der Waals surface area contributed by atoms with Crippen LogP contribution in [0.3, 0.4) is 0 Å². The molecule has 2 atom stereocenters. The fourth-order valence-electron chi connectivity index (χ4n) is 5.68. The Bertz CT molecular complexity index is 1020. The highest BCUT2D eigenvalue weighted by Crippen LogP contribution is 2.53. The lowest BCUT2D eigenvalue weighted by Crippen LogP contribution is -2.45. The van der Waals surface area contributed by atoms with Crippen molar-refractivity contribution in [3.63, 3.8) is 0 Å². The molecule has 2 aliphatic rings. The predicted molar refractivity (Wildman–Crippen MR) is 148 cm³/mol. The zero-order valence-electron chi connectivity index (χ0n) is 22.9. The molecule has 0 saturated heterocycles. The first-order valence-corrected chi connectivity index (χ1v) is 13.9. The third-order valence-corrected chi connectivity index (χ3v) is 7.63. The van der Waals surface area contributed by atoms with Crippen LogP contribution in [-0.4, -0.2) is 20.9 Å². The van der Waals surface area contributed by atoms with Gasteiger partial charge in [0.2, 0.25) is 0 Å². The van der Waals surface area contributed by atoms with Crippen LogP contribution in [0.15, 0.2) is 42.0 Å². The molecule has 0 aromatic heterocycles. The minimum atomic E-state index is -0.177. The maximum Gasteiger partial charge on any atom is 0.127 e. The molecule has 1 aliphatic carbocycles. The maximum absolute atomic E-state index is 10.7. The summed E-state index contributed by atoms with van der Waals surface area (Å²) in [5.41, 5.74) is 4.46. The molecule has 4 nitrogen and oxygen atoms in total. The summed E-state index contributed by atoms with van der Waals surface area (Å²) in [5, 5.41) is 29.1. The maximum atomic E-state index is 10.7. The van der Waals surface area contributed by atoms with Crippen molar-refractivity contribution in [1.29, 1.82) is 0 Å². The highest BCUT2D eigenvalue weighted by molar-refractivity contribution is 5.54. The van der Waals surface area contributed by atoms with Gasteiger partial charge in [0.1, 0.15) is 28.6 Å². The van der Waals surface area contributed by atoms with Crippen LogP contribution in [0.1, 0.15) is 109 Å². The van der Waals surface area contributed by atoms with E-state index >= 15 is 0 Å². The molecule has 0 amide bonds. The zero-order valence-corrected chi connectivity index (χ0v) is 22.9. The smallest absolute Gasteiger partial charge is 0.127 e. The van der Waals surface area contributed by atoms with Crippen molar-refractivity contribution in [2.75, 3.05) is 0 Å². The molecule has 0 radical (unpaired) electrons. The lowest BCUT2D eigenvalue weighted by atomic mass is 9.68. The number of fused-ring (bicyclic) bond motifs is 3. The summed E-state index contributed by atoms with van der Waals surface area (Å²) < 4.78 is 6.36. The molecule has 1 aliphatic heterocycles. The number of aryl methyl sites for hydroxylation is 2. The summed E-state index contributed by atoms with van der Waals surface area (Å²) >= 11 is 0. The summed E-state index contributed by atoms with van der Waals surface area (Å²) in [6, 6.07) is 8.89. The monoisotopic (exact) mass is 494 g/mol. The summed E-state index contributed by atoms with van der Waals surface area (Å²) in [7, 11) is 0. The van der Waals surface area contributed by atoms with Crippen molar-refractivity contribution in [3.05, 3.63) is 58.7 Å². The molecule has 0 unspecified atom stereocenters. The van der Waals surface area contributed by atoms with E-state index in [1.165, 1.54) is 49.3 Å². The van der Waals surface area contributed by atoms with E-state index in [1.54, 1.807) is 12.1 Å². The van der Waals surface area contributed by atoms with Crippen molar-refractivity contribution >= 4 is 0 Å². The average Bonchev–Trinajstić information content (AvgIpc) is 2.78. The van der Waals surface area contributed by atoms with Gasteiger partial charge in [-0.15, -0.1) is 0 Å². The minimum Gasteiger partial charge on any atom is -0.508 e. The second kappa shape index (κ2) is 12.6. The van der Waals surface area contributed by atoms with E-state index in [9.17, 15) is 15.3 Å². The molecule has 2 aromatic carbocycles. The van der Waals surface area contributed by atoms with Gasteiger partial charge in [-0.2, -0.15) is 0 Å². The van der Waals surface area contributed by atoms with Crippen LogP contribution in [0.4, 0.5) is 0 Å². The molecule has 0 saturated carbocycles. The number of aromatic hydroxyl groups is 3. The van der Waals surface area contributed by atoms with Crippen molar-refractivity contribution < 1.29 is 20.1 Å². The Balaban J connectivity index is 0.000000236. The average molecular weight is 495 g/mol. The zero-order chi connectivity index (χ0) is 26.3. The van der Waals surface area contributed by atoms with Crippen molar-refractivity contribution in [2.24, 2.45) is 5.92 Å². The van der Waals surface area contributed by atoms with Crippen LogP contribution in [0.2, 0.25) is 0 Å². The summed E-state index contributed by atoms with van der Waals surface area (Å²) in [5.74, 6) is 2.33. The Morgan fingerprint density at radius 2 is 1.42 bits per heavy atom. The van der Waals surface area contributed by atoms with E-state index in [-0.39, 0.29) is 23.0 Å². The first-order valence-electron chi connectivity index (χ1n) is 13.9. The van der Waals surface area contributed by atoms with Crippen molar-refractivity contribution in [1.82, 2.24) is 0 Å². The number of phenolic OH excluding ortho intramolecular Hbond substituents is 3. The minimum absolute atomic E-state index is 0.145. The summed E-state index contributed by atoms with van der Waals surface area (Å²) in [6.45, 7) is 11.0. The third-order valence-electron chi connectivity index (χ3n) is 7.63. The van der Waals surface area contributed by atoms with Crippen LogP contribution in [0, 0.1) is 5.92 Å². The molecular weight excluding hydrogens is 448 g/mol. The van der Waals surface area contributed by atoms with Crippen LogP contribution < -0.4 is 4.74 Å². The van der Waals surface area contributed by atoms with Crippen LogP contribution >= 0.6 is 0 Å². The van der Waals surface area contributed by atoms with E-state index in [0.29, 0.717) is 11.7 Å². The molecule has 0 spiro atoms. The number of phenols is 3. The quantitative estimate of drug-likeness (QED) is 0.254. The second-order valence-electron chi connectivity index (χ2n) is 11.2. The Morgan fingerprint density at radius 3 is 2.00 bits per heavy atom. The van der Waals surface area contributed by atoms with Gasteiger partial charge < -0.3 is 20.1 Å². The topological polar surface area (TPSA) is 69.9 Å². The lowest BCUT2D eigenvalue weighted by Gasteiger charge is -2.46. The third kappa shape index (κ3) is 7.21. The Kier molecular flexibility index (Phi) is 9.76. The second-order valence-corrected chi connectivity index (χ2v) is 11.2. The van der Waals surface area contributed by atoms with E-state index in [1.807, 2.05) is 6.07 Å². The SMILES string of the molecule is CCCCCc1cc(O)c2c(c1)OC(C)(C)[C@@H]1CCC(C)=C[C@@H]21.CCCCCc1cc(O)cc(O)c1. The Labute approximate surface area is 218 Å². The molecular formula is C32H46O4. The van der Waals surface area contributed by atoms with Gasteiger partial charge in [-0.05, 0) is 94.7 Å². The Hall–Kier alpha value is -2.62. The number of allylic oxidation sites excluding steroid dienone is 2. The van der Waals surface area contributed by atoms with Gasteiger partial charge in [-0.25, -0.2) is 0 Å². The number of hydrogen-bond donors (Lipinski definition) is 3. The Morgan fingerprint density at radius 1 is 0.833 bits per heavy atom. The molecule has 198 valence electrons. The molecule has 0 bridgehead atoms. The number of hydrogen-bond acceptors (Lipinski definition) is 4. The normalized spacial score (nSPS) is 19.8. The first kappa shape index (κ1) is 28.0. The molecule has 1 heterocycles. The van der Waals surface area contributed by atoms with E-state index in [2.05, 4.69) is 46.8 Å². The van der Waals surface area contributed by atoms with Gasteiger partial charge in [0.15, 0.2) is 0 Å². The number of unbranched alkanes of at least 4 members (excludes halogenated alkanes) is 4. The summed E-state index contributed by atoms with van der Waals surface area (Å²) in [4.78, 5) is 0. The van der Waals surface area contributed by atoms with Crippen LogP contribution in [0.25, 0.3) is 0 Å². The van der Waals surface area contributed by atoms with E-state index < -0.39 is 0 Å². The first-order chi connectivity index (χ1) is 17.1. The van der Waals surface area contributed by atoms with Gasteiger partial charge in [0.05, 0.1) is 0 Å². The highest BCUT2D eigenvalue weighted by Gasteiger charge is 2.45. The van der Waals surface area contributed by atoms with Gasteiger partial charge in [-0.3, -0.25) is 0 Å². The molecule has 2 aromatic rings. The molecule has 0 fully saturated rings. The lowest BCUT2D eigenvalue weighted by molar-refractivity contribution is 0.0107. The van der Waals surface area contributed by atoms with Crippen LogP contribution in [0.5, 0.6) is 23.0 Å². The van der Waals surface area contributed by atoms with Crippen molar-refractivity contribution in [3.8, 4) is 23.0 Å². The molecule has 3 N–H and O–H groups in total. The predicted octanol–water partition coefficient (Wildman–Crippen LogP) is 8.57. The van der Waals surface area contributed by atoms with Gasteiger partial charge in [0.25, 0.3) is 0 Å². The summed E-state index contributed by atoms with van der Waals surface area (Å²) in [6.07, 6.45) is 13.7. The van der Waals surface area contributed by atoms with Gasteiger partial charge >= 0.3 is 0 Å². The van der Waals surface area contributed by atoms with Crippen molar-refractivity contribution in [2.45, 2.75) is 110 Å². The van der Waals surface area contributed by atoms with E-state index in [4.69, 9.17) is 4.74 Å². The standard InChI is InChI=1S/C21H30O2.C11H16O2/c1-5-6-7-8-15-12-18(22)20-16-11-14(2)9-10-17(16)21(3,4)23-19(20)13-15;1-2-3-4-5-9-6-10(12)8-11(13)7-9/h11-13,16-17,22H,5-10H2,1-4H3;6-8,12-13H,2-5H2,1H3/t16-,17-;/m1./s1. The number of ether oxygens (including phenoxy) is 1. The van der Waals surface area contributed by atoms with Gasteiger partial charge in [0, 0.05) is 23.5 Å². The highest BCUT2D eigenvalue weighted by atomic mass is 16.5. The van der Waals surface area contributed by atoms with Crippen LogP contribution in [-0.2, 0) is 12.8 Å².